The first-order valence-corrected chi connectivity index (χ1v) is 13.9. The zero-order chi connectivity index (χ0) is 29.1. The standard InChI is InChI=1S/C18H36O2.C6H9NO6.C3H6N2/c1-2-3-4-5-6-7-8-9-10-11-12-13-14-15-16-17-18(19)20;7-3(8)1-6(13,5(11)12)2-4(9)10;1-2-5-3-4-1/h2-17H2,1H3,(H,19,20);13H,1-2H2,(H2,7,8)(H,9,10)(H,11,12);3H,1-2H2,(H,4,5). The second kappa shape index (κ2) is 25.9. The van der Waals surface area contributed by atoms with Crippen molar-refractivity contribution in [2.75, 3.05) is 13.1 Å². The van der Waals surface area contributed by atoms with Crippen LogP contribution in [-0.4, -0.2) is 69.3 Å². The number of rotatable bonds is 21. The first-order valence-electron chi connectivity index (χ1n) is 13.9. The number of hydrogen-bond acceptors (Lipinski definition) is 7. The lowest BCUT2D eigenvalue weighted by Crippen LogP contribution is -2.44. The molecule has 1 heterocycles. The molecule has 0 aliphatic carbocycles. The quantitative estimate of drug-likeness (QED) is 0.115. The maximum absolute atomic E-state index is 10.4. The van der Waals surface area contributed by atoms with Crippen LogP contribution in [0.2, 0.25) is 0 Å². The van der Waals surface area contributed by atoms with Gasteiger partial charge >= 0.3 is 17.9 Å². The van der Waals surface area contributed by atoms with Gasteiger partial charge in [0.15, 0.2) is 5.60 Å². The Hall–Kier alpha value is -2.69. The number of aliphatic carboxylic acids is 3. The van der Waals surface area contributed by atoms with E-state index in [4.69, 9.17) is 20.4 Å². The van der Waals surface area contributed by atoms with Gasteiger partial charge in [0.2, 0.25) is 5.91 Å². The van der Waals surface area contributed by atoms with Gasteiger partial charge in [-0.1, -0.05) is 96.8 Å². The molecule has 0 aromatic rings. The highest BCUT2D eigenvalue weighted by atomic mass is 16.4. The van der Waals surface area contributed by atoms with Crippen LogP contribution in [0.4, 0.5) is 0 Å². The Bertz CT molecular complexity index is 649. The number of nitrogens with one attached hydrogen (secondary N) is 1. The Morgan fingerprint density at radius 2 is 1.21 bits per heavy atom. The third-order valence-corrected chi connectivity index (χ3v) is 5.87. The summed E-state index contributed by atoms with van der Waals surface area (Å²) < 4.78 is 0. The average molecular weight is 546 g/mol. The molecule has 1 amide bonds. The summed E-state index contributed by atoms with van der Waals surface area (Å²) in [6.45, 7) is 4.26. The smallest absolute Gasteiger partial charge is 0.336 e. The number of hydrogen-bond donors (Lipinski definition) is 6. The number of nitrogens with zero attached hydrogens (tertiary/aromatic N) is 1. The molecule has 0 aromatic heterocycles. The minimum Gasteiger partial charge on any atom is -0.481 e. The molecule has 1 atom stereocenters. The maximum Gasteiger partial charge on any atom is 0.336 e. The average Bonchev–Trinajstić information content (AvgIpc) is 3.41. The Morgan fingerprint density at radius 3 is 1.47 bits per heavy atom. The van der Waals surface area contributed by atoms with Gasteiger partial charge in [0.1, 0.15) is 0 Å². The van der Waals surface area contributed by atoms with Gasteiger partial charge in [-0.2, -0.15) is 0 Å². The van der Waals surface area contributed by atoms with Crippen molar-refractivity contribution in [3.63, 3.8) is 0 Å². The van der Waals surface area contributed by atoms with Gasteiger partial charge in [0, 0.05) is 13.0 Å². The molecule has 38 heavy (non-hydrogen) atoms. The van der Waals surface area contributed by atoms with E-state index in [1.165, 1.54) is 83.5 Å². The van der Waals surface area contributed by atoms with Crippen LogP contribution in [0.15, 0.2) is 4.99 Å². The van der Waals surface area contributed by atoms with Crippen LogP contribution in [0.5, 0.6) is 0 Å². The molecule has 1 unspecified atom stereocenters. The molecule has 7 N–H and O–H groups in total. The molecule has 0 bridgehead atoms. The highest BCUT2D eigenvalue weighted by Crippen LogP contribution is 2.15. The molecule has 1 rings (SSSR count). The fourth-order valence-corrected chi connectivity index (χ4v) is 3.72. The summed E-state index contributed by atoms with van der Waals surface area (Å²) in [4.78, 5) is 45.0. The lowest BCUT2D eigenvalue weighted by Gasteiger charge is -2.18. The van der Waals surface area contributed by atoms with Crippen LogP contribution >= 0.6 is 0 Å². The minimum absolute atomic E-state index is 0.345. The van der Waals surface area contributed by atoms with E-state index in [-0.39, 0.29) is 0 Å². The number of carbonyl (C=O) groups excluding carboxylic acids is 1. The fraction of sp³-hybridized carbons (Fsp3) is 0.815. The van der Waals surface area contributed by atoms with Crippen molar-refractivity contribution < 1.29 is 39.6 Å². The van der Waals surface area contributed by atoms with E-state index in [9.17, 15) is 19.2 Å². The summed E-state index contributed by atoms with van der Waals surface area (Å²) in [5.41, 5.74) is 2.02. The van der Waals surface area contributed by atoms with Crippen molar-refractivity contribution in [3.8, 4) is 0 Å². The SMILES string of the molecule is C1=NCCN1.CCCCCCCCCCCCCCCCCC(=O)O.NC(=O)CC(O)(CC(=O)O)C(=O)O. The molecule has 0 spiro atoms. The molecule has 0 radical (unpaired) electrons. The van der Waals surface area contributed by atoms with E-state index >= 15 is 0 Å². The first kappa shape index (κ1) is 37.5. The predicted octanol–water partition coefficient (Wildman–Crippen LogP) is 4.10. The van der Waals surface area contributed by atoms with Crippen LogP contribution in [0, 0.1) is 0 Å². The summed E-state index contributed by atoms with van der Waals surface area (Å²) in [5.74, 6) is -5.04. The van der Waals surface area contributed by atoms with Gasteiger partial charge in [-0.25, -0.2) is 4.79 Å². The van der Waals surface area contributed by atoms with Crippen LogP contribution in [0.1, 0.15) is 122 Å². The summed E-state index contributed by atoms with van der Waals surface area (Å²) >= 11 is 0. The number of aliphatic imine (C=N–C) groups is 1. The minimum atomic E-state index is -2.61. The zero-order valence-electron chi connectivity index (χ0n) is 23.2. The van der Waals surface area contributed by atoms with Crippen molar-refractivity contribution in [1.29, 1.82) is 0 Å². The first-order chi connectivity index (χ1) is 18.0. The molecular weight excluding hydrogens is 494 g/mol. The number of primary amides is 1. The van der Waals surface area contributed by atoms with Gasteiger partial charge in [0.25, 0.3) is 0 Å². The Labute approximate surface area is 227 Å². The zero-order valence-corrected chi connectivity index (χ0v) is 23.2. The number of aliphatic hydroxyl groups is 1. The molecule has 0 saturated heterocycles. The van der Waals surface area contributed by atoms with Gasteiger partial charge in [-0.15, -0.1) is 0 Å². The third-order valence-electron chi connectivity index (χ3n) is 5.87. The summed E-state index contributed by atoms with van der Waals surface area (Å²) in [6.07, 6.45) is 19.9. The topological polar surface area (TPSA) is 200 Å². The molecule has 0 fully saturated rings. The number of unbranched alkanes of at least 4 members (excludes halogenated alkanes) is 14. The molecular formula is C27H51N3O8. The summed E-state index contributed by atoms with van der Waals surface area (Å²) in [7, 11) is 0. The van der Waals surface area contributed by atoms with Crippen molar-refractivity contribution in [2.45, 2.75) is 128 Å². The molecule has 222 valence electrons. The van der Waals surface area contributed by atoms with Crippen LogP contribution in [0.3, 0.4) is 0 Å². The van der Waals surface area contributed by atoms with Crippen molar-refractivity contribution >= 4 is 30.2 Å². The van der Waals surface area contributed by atoms with E-state index in [0.717, 1.165) is 25.9 Å². The number of carboxylic acid groups (broad SMARTS) is 3. The summed E-state index contributed by atoms with van der Waals surface area (Å²) in [6, 6.07) is 0. The second-order valence-corrected chi connectivity index (χ2v) is 9.63. The Balaban J connectivity index is 0. The van der Waals surface area contributed by atoms with Gasteiger partial charge < -0.3 is 31.5 Å². The van der Waals surface area contributed by atoms with Crippen molar-refractivity contribution in [2.24, 2.45) is 10.7 Å². The van der Waals surface area contributed by atoms with Gasteiger partial charge in [0.05, 0.1) is 25.7 Å². The van der Waals surface area contributed by atoms with E-state index in [1.807, 2.05) is 0 Å². The largest absolute Gasteiger partial charge is 0.481 e. The van der Waals surface area contributed by atoms with Crippen LogP contribution < -0.4 is 11.1 Å². The highest BCUT2D eigenvalue weighted by molar-refractivity contribution is 5.89. The lowest BCUT2D eigenvalue weighted by atomic mass is 9.95. The molecule has 11 heteroatoms. The number of nitrogens with two attached hydrogens (primary N) is 1. The van der Waals surface area contributed by atoms with E-state index in [1.54, 1.807) is 6.34 Å². The maximum atomic E-state index is 10.4. The van der Waals surface area contributed by atoms with Crippen molar-refractivity contribution in [3.05, 3.63) is 0 Å². The monoisotopic (exact) mass is 545 g/mol. The molecule has 1 aliphatic rings. The fourth-order valence-electron chi connectivity index (χ4n) is 3.72. The summed E-state index contributed by atoms with van der Waals surface area (Å²) in [5, 5.41) is 37.2. The lowest BCUT2D eigenvalue weighted by molar-refractivity contribution is -0.167. The highest BCUT2D eigenvalue weighted by Gasteiger charge is 2.40. The van der Waals surface area contributed by atoms with E-state index in [0.29, 0.717) is 6.42 Å². The Kier molecular flexibility index (Phi) is 25.6. The number of amides is 1. The van der Waals surface area contributed by atoms with Crippen molar-refractivity contribution in [1.82, 2.24) is 5.32 Å². The molecule has 0 aromatic carbocycles. The predicted molar refractivity (Wildman–Crippen MR) is 147 cm³/mol. The van der Waals surface area contributed by atoms with Gasteiger partial charge in [-0.05, 0) is 6.42 Å². The number of carboxylic acids is 3. The van der Waals surface area contributed by atoms with E-state index < -0.39 is 42.3 Å². The second-order valence-electron chi connectivity index (χ2n) is 9.63. The van der Waals surface area contributed by atoms with E-state index in [2.05, 4.69) is 23.0 Å². The molecule has 11 nitrogen and oxygen atoms in total. The van der Waals surface area contributed by atoms with Crippen LogP contribution in [0.25, 0.3) is 0 Å². The number of carbonyl (C=O) groups is 4. The Morgan fingerprint density at radius 1 is 0.763 bits per heavy atom. The normalized spacial score (nSPS) is 13.2. The molecule has 1 aliphatic heterocycles. The third kappa shape index (κ3) is 27.9. The molecule has 0 saturated carbocycles. The van der Waals surface area contributed by atoms with Crippen LogP contribution in [-0.2, 0) is 19.2 Å². The van der Waals surface area contributed by atoms with Gasteiger partial charge in [-0.3, -0.25) is 19.4 Å².